The Labute approximate surface area is 90.5 Å². The smallest absolute Gasteiger partial charge is 0.0836 e. The molecule has 3 heteroatoms. The van der Waals surface area contributed by atoms with E-state index in [0.717, 1.165) is 19.4 Å². The molecule has 0 bridgehead atoms. The summed E-state index contributed by atoms with van der Waals surface area (Å²) in [4.78, 5) is 2.23. The monoisotopic (exact) mass is 206 g/mol. The molecule has 0 aliphatic carbocycles. The minimum Gasteiger partial charge on any atom is -0.390 e. The molecule has 1 aliphatic rings. The highest BCUT2D eigenvalue weighted by molar-refractivity contribution is 5.55. The number of nitrogens with zero attached hydrogens (tertiary/aromatic N) is 1. The molecule has 0 saturated carbocycles. The van der Waals surface area contributed by atoms with Gasteiger partial charge in [0, 0.05) is 25.3 Å². The molecule has 2 rings (SSSR count). The second-order valence-corrected chi connectivity index (χ2v) is 4.07. The van der Waals surface area contributed by atoms with Crippen molar-refractivity contribution in [1.82, 2.24) is 0 Å². The van der Waals surface area contributed by atoms with Crippen LogP contribution in [0.25, 0.3) is 0 Å². The maximum atomic E-state index is 9.57. The molecular weight excluding hydrogens is 188 g/mol. The fourth-order valence-corrected chi connectivity index (χ4v) is 2.13. The van der Waals surface area contributed by atoms with Gasteiger partial charge in [-0.1, -0.05) is 18.2 Å². The van der Waals surface area contributed by atoms with Gasteiger partial charge in [0.05, 0.1) is 6.10 Å². The number of hydrogen-bond acceptors (Lipinski definition) is 3. The molecule has 3 N–H and O–H groups in total. The Kier molecular flexibility index (Phi) is 3.23. The number of fused-ring (bicyclic) bond motifs is 1. The number of benzene rings is 1. The largest absolute Gasteiger partial charge is 0.390 e. The van der Waals surface area contributed by atoms with Crippen LogP contribution in [0.2, 0.25) is 0 Å². The van der Waals surface area contributed by atoms with Crippen LogP contribution in [-0.2, 0) is 6.42 Å². The Morgan fingerprint density at radius 2 is 2.20 bits per heavy atom. The Bertz CT molecular complexity index is 327. The third kappa shape index (κ3) is 2.30. The Morgan fingerprint density at radius 1 is 1.40 bits per heavy atom. The van der Waals surface area contributed by atoms with Gasteiger partial charge in [0.25, 0.3) is 0 Å². The van der Waals surface area contributed by atoms with Gasteiger partial charge in [0.15, 0.2) is 0 Å². The van der Waals surface area contributed by atoms with Crippen molar-refractivity contribution in [2.24, 2.45) is 5.73 Å². The van der Waals surface area contributed by atoms with Crippen LogP contribution in [0.15, 0.2) is 24.3 Å². The van der Waals surface area contributed by atoms with Crippen molar-refractivity contribution < 1.29 is 5.11 Å². The van der Waals surface area contributed by atoms with E-state index < -0.39 is 6.10 Å². The van der Waals surface area contributed by atoms with E-state index in [-0.39, 0.29) is 0 Å². The average Bonchev–Trinajstić information content (AvgIpc) is 2.29. The number of aryl methyl sites for hydroxylation is 1. The molecule has 1 aromatic rings. The number of β-amino-alcohol motifs (C(OH)–C–C–N with tert-alkyl or cyclic N) is 1. The van der Waals surface area contributed by atoms with Crippen LogP contribution >= 0.6 is 0 Å². The van der Waals surface area contributed by atoms with Gasteiger partial charge in [-0.3, -0.25) is 0 Å². The van der Waals surface area contributed by atoms with E-state index in [1.54, 1.807) is 0 Å². The lowest BCUT2D eigenvalue weighted by molar-refractivity contribution is 0.187. The molecule has 0 fully saturated rings. The highest BCUT2D eigenvalue weighted by atomic mass is 16.3. The molecule has 3 nitrogen and oxygen atoms in total. The van der Waals surface area contributed by atoms with Gasteiger partial charge in [-0.2, -0.15) is 0 Å². The second-order valence-electron chi connectivity index (χ2n) is 4.07. The minimum absolute atomic E-state index is 0.332. The summed E-state index contributed by atoms with van der Waals surface area (Å²) in [6.45, 7) is 2.00. The third-order valence-corrected chi connectivity index (χ3v) is 2.91. The molecule has 1 heterocycles. The Morgan fingerprint density at radius 3 is 3.00 bits per heavy atom. The fourth-order valence-electron chi connectivity index (χ4n) is 2.13. The molecule has 1 aromatic carbocycles. The summed E-state index contributed by atoms with van der Waals surface area (Å²) in [5, 5.41) is 9.57. The van der Waals surface area contributed by atoms with Crippen molar-refractivity contribution in [2.75, 3.05) is 24.5 Å². The average molecular weight is 206 g/mol. The van der Waals surface area contributed by atoms with E-state index in [1.165, 1.54) is 11.3 Å². The number of aliphatic hydroxyl groups is 1. The van der Waals surface area contributed by atoms with Gasteiger partial charge in [-0.25, -0.2) is 0 Å². The molecule has 0 radical (unpaired) electrons. The number of para-hydroxylation sites is 1. The van der Waals surface area contributed by atoms with Crippen molar-refractivity contribution in [1.29, 1.82) is 0 Å². The number of nitrogens with two attached hydrogens (primary N) is 1. The van der Waals surface area contributed by atoms with E-state index >= 15 is 0 Å². The molecule has 0 amide bonds. The number of rotatable bonds is 3. The van der Waals surface area contributed by atoms with Gasteiger partial charge in [-0.05, 0) is 24.5 Å². The zero-order valence-electron chi connectivity index (χ0n) is 8.89. The standard InChI is InChI=1S/C12H18N2O/c13-8-11(15)9-14-7-3-5-10-4-1-2-6-12(10)14/h1-2,4,6,11,15H,3,5,7-9,13H2. The van der Waals surface area contributed by atoms with Gasteiger partial charge in [-0.15, -0.1) is 0 Å². The molecule has 1 unspecified atom stereocenters. The van der Waals surface area contributed by atoms with E-state index in [4.69, 9.17) is 5.73 Å². The maximum Gasteiger partial charge on any atom is 0.0836 e. The van der Waals surface area contributed by atoms with Crippen LogP contribution in [0.3, 0.4) is 0 Å². The summed E-state index contributed by atoms with van der Waals surface area (Å²) in [5.41, 5.74) is 8.08. The first-order valence-electron chi connectivity index (χ1n) is 5.52. The molecule has 1 atom stereocenters. The molecule has 1 aliphatic heterocycles. The summed E-state index contributed by atoms with van der Waals surface area (Å²) in [7, 11) is 0. The lowest BCUT2D eigenvalue weighted by Crippen LogP contribution is -2.39. The first-order chi connectivity index (χ1) is 7.31. The summed E-state index contributed by atoms with van der Waals surface area (Å²) in [6.07, 6.45) is 1.89. The van der Waals surface area contributed by atoms with Crippen LogP contribution < -0.4 is 10.6 Å². The first-order valence-corrected chi connectivity index (χ1v) is 5.52. The first kappa shape index (κ1) is 10.5. The lowest BCUT2D eigenvalue weighted by atomic mass is 10.0. The van der Waals surface area contributed by atoms with E-state index in [0.29, 0.717) is 13.1 Å². The summed E-state index contributed by atoms with van der Waals surface area (Å²) in [5.74, 6) is 0. The van der Waals surface area contributed by atoms with Crippen LogP contribution in [0.1, 0.15) is 12.0 Å². The summed E-state index contributed by atoms with van der Waals surface area (Å²) < 4.78 is 0. The van der Waals surface area contributed by atoms with E-state index in [9.17, 15) is 5.11 Å². The molecule has 15 heavy (non-hydrogen) atoms. The van der Waals surface area contributed by atoms with Crippen molar-refractivity contribution in [3.63, 3.8) is 0 Å². The quantitative estimate of drug-likeness (QED) is 0.767. The molecular formula is C12H18N2O. The van der Waals surface area contributed by atoms with Gasteiger partial charge in [0.2, 0.25) is 0 Å². The SMILES string of the molecule is NCC(O)CN1CCCc2ccccc21. The van der Waals surface area contributed by atoms with E-state index in [2.05, 4.69) is 23.1 Å². The number of hydrogen-bond donors (Lipinski definition) is 2. The normalized spacial score (nSPS) is 17.3. The van der Waals surface area contributed by atoms with Gasteiger partial charge < -0.3 is 15.7 Å². The minimum atomic E-state index is -0.420. The van der Waals surface area contributed by atoms with Crippen LogP contribution in [0.5, 0.6) is 0 Å². The molecule has 0 aromatic heterocycles. The summed E-state index contributed by atoms with van der Waals surface area (Å²) >= 11 is 0. The fraction of sp³-hybridized carbons (Fsp3) is 0.500. The predicted molar refractivity (Wildman–Crippen MR) is 62.0 cm³/mol. The molecule has 0 spiro atoms. The molecule has 0 saturated heterocycles. The van der Waals surface area contributed by atoms with Crippen LogP contribution in [-0.4, -0.2) is 30.8 Å². The third-order valence-electron chi connectivity index (χ3n) is 2.91. The van der Waals surface area contributed by atoms with Gasteiger partial charge in [0.1, 0.15) is 0 Å². The van der Waals surface area contributed by atoms with Crippen molar-refractivity contribution >= 4 is 5.69 Å². The summed E-state index contributed by atoms with van der Waals surface area (Å²) in [6, 6.07) is 8.40. The number of aliphatic hydroxyl groups excluding tert-OH is 1. The second kappa shape index (κ2) is 4.64. The Balaban J connectivity index is 2.15. The van der Waals surface area contributed by atoms with Crippen molar-refractivity contribution in [3.05, 3.63) is 29.8 Å². The highest BCUT2D eigenvalue weighted by Crippen LogP contribution is 2.26. The molecule has 82 valence electrons. The van der Waals surface area contributed by atoms with E-state index in [1.807, 2.05) is 6.07 Å². The van der Waals surface area contributed by atoms with Crippen LogP contribution in [0, 0.1) is 0 Å². The topological polar surface area (TPSA) is 49.5 Å². The zero-order chi connectivity index (χ0) is 10.7. The Hall–Kier alpha value is -1.06. The lowest BCUT2D eigenvalue weighted by Gasteiger charge is -2.32. The predicted octanol–water partition coefficient (Wildman–Crippen LogP) is 0.759. The maximum absolute atomic E-state index is 9.57. The van der Waals surface area contributed by atoms with Crippen LogP contribution in [0.4, 0.5) is 5.69 Å². The van der Waals surface area contributed by atoms with Gasteiger partial charge >= 0.3 is 0 Å². The number of anilines is 1. The highest BCUT2D eigenvalue weighted by Gasteiger charge is 2.17. The zero-order valence-corrected chi connectivity index (χ0v) is 8.89. The van der Waals surface area contributed by atoms with Crippen molar-refractivity contribution in [2.45, 2.75) is 18.9 Å². The van der Waals surface area contributed by atoms with Crippen molar-refractivity contribution in [3.8, 4) is 0 Å².